The zero-order valence-corrected chi connectivity index (χ0v) is 7.66. The van der Waals surface area contributed by atoms with Gasteiger partial charge in [-0.15, -0.1) is 0 Å². The smallest absolute Gasteiger partial charge is 0.151 e. The van der Waals surface area contributed by atoms with Crippen LogP contribution in [0.1, 0.15) is 37.3 Å². The molecule has 0 atom stereocenters. The van der Waals surface area contributed by atoms with E-state index in [9.17, 15) is 0 Å². The fourth-order valence-corrected chi connectivity index (χ4v) is 1.97. The van der Waals surface area contributed by atoms with Gasteiger partial charge in [-0.1, -0.05) is 25.7 Å². The van der Waals surface area contributed by atoms with Crippen molar-refractivity contribution in [1.29, 1.82) is 0 Å². The molecular weight excluding hydrogens is 166 g/mol. The van der Waals surface area contributed by atoms with E-state index in [-0.39, 0.29) is 6.61 Å². The van der Waals surface area contributed by atoms with E-state index in [0.717, 1.165) is 18.2 Å². The van der Waals surface area contributed by atoms with Crippen LogP contribution >= 0.6 is 0 Å². The molecule has 1 aliphatic rings. The molecule has 4 nitrogen and oxygen atoms in total. The van der Waals surface area contributed by atoms with Crippen molar-refractivity contribution >= 4 is 0 Å². The van der Waals surface area contributed by atoms with E-state index >= 15 is 0 Å². The van der Waals surface area contributed by atoms with E-state index in [1.165, 1.54) is 25.7 Å². The molecule has 0 spiro atoms. The molecule has 0 aromatic carbocycles. The lowest BCUT2D eigenvalue weighted by atomic mass is 10.0. The van der Waals surface area contributed by atoms with Gasteiger partial charge in [-0.05, 0) is 5.92 Å². The van der Waals surface area contributed by atoms with E-state index in [1.807, 2.05) is 0 Å². The molecule has 1 aromatic rings. The van der Waals surface area contributed by atoms with Gasteiger partial charge >= 0.3 is 0 Å². The Morgan fingerprint density at radius 3 is 2.77 bits per heavy atom. The van der Waals surface area contributed by atoms with Gasteiger partial charge in [0.1, 0.15) is 12.4 Å². The van der Waals surface area contributed by atoms with Gasteiger partial charge in [0.05, 0.1) is 0 Å². The summed E-state index contributed by atoms with van der Waals surface area (Å²) < 4.78 is 0. The van der Waals surface area contributed by atoms with Gasteiger partial charge in [-0.2, -0.15) is 5.10 Å². The van der Waals surface area contributed by atoms with Crippen molar-refractivity contribution in [2.24, 2.45) is 5.92 Å². The molecule has 13 heavy (non-hydrogen) atoms. The lowest BCUT2D eigenvalue weighted by molar-refractivity contribution is 0.271. The molecule has 0 radical (unpaired) electrons. The Morgan fingerprint density at radius 1 is 1.38 bits per heavy atom. The Bertz CT molecular complexity index is 266. The third kappa shape index (κ3) is 2.06. The first-order valence-electron chi connectivity index (χ1n) is 4.89. The summed E-state index contributed by atoms with van der Waals surface area (Å²) >= 11 is 0. The number of aliphatic hydroxyl groups excluding tert-OH is 1. The molecule has 1 fully saturated rings. The van der Waals surface area contributed by atoms with Gasteiger partial charge in [-0.25, -0.2) is 4.98 Å². The van der Waals surface area contributed by atoms with Gasteiger partial charge in [0.15, 0.2) is 5.82 Å². The maximum Gasteiger partial charge on any atom is 0.151 e. The predicted molar refractivity (Wildman–Crippen MR) is 48.0 cm³/mol. The molecular formula is C9H15N3O. The highest BCUT2D eigenvalue weighted by molar-refractivity contribution is 4.91. The summed E-state index contributed by atoms with van der Waals surface area (Å²) in [5.74, 6) is 2.20. The molecule has 2 N–H and O–H groups in total. The largest absolute Gasteiger partial charge is 0.388 e. The lowest BCUT2D eigenvalue weighted by Crippen LogP contribution is -2.00. The number of hydrogen-bond donors (Lipinski definition) is 2. The summed E-state index contributed by atoms with van der Waals surface area (Å²) in [5.41, 5.74) is 0. The summed E-state index contributed by atoms with van der Waals surface area (Å²) in [5, 5.41) is 15.6. The van der Waals surface area contributed by atoms with E-state index in [0.29, 0.717) is 5.82 Å². The zero-order chi connectivity index (χ0) is 9.10. The third-order valence-electron chi connectivity index (χ3n) is 2.67. The minimum Gasteiger partial charge on any atom is -0.388 e. The van der Waals surface area contributed by atoms with E-state index < -0.39 is 0 Å². The summed E-state index contributed by atoms with van der Waals surface area (Å²) in [4.78, 5) is 4.18. The number of H-pyrrole nitrogens is 1. The fraction of sp³-hybridized carbons (Fsp3) is 0.778. The summed E-state index contributed by atoms with van der Waals surface area (Å²) in [6.45, 7) is -0.0440. The van der Waals surface area contributed by atoms with Crippen LogP contribution in [0.3, 0.4) is 0 Å². The van der Waals surface area contributed by atoms with Gasteiger partial charge in [0, 0.05) is 6.42 Å². The molecule has 1 saturated carbocycles. The Kier molecular flexibility index (Phi) is 2.59. The number of rotatable bonds is 3. The second-order valence-corrected chi connectivity index (χ2v) is 3.71. The van der Waals surface area contributed by atoms with Gasteiger partial charge in [-0.3, -0.25) is 5.10 Å². The summed E-state index contributed by atoms with van der Waals surface area (Å²) in [7, 11) is 0. The van der Waals surface area contributed by atoms with Crippen LogP contribution in [0, 0.1) is 5.92 Å². The van der Waals surface area contributed by atoms with Crippen molar-refractivity contribution in [2.45, 2.75) is 38.7 Å². The topological polar surface area (TPSA) is 61.8 Å². The number of nitrogens with zero attached hydrogens (tertiary/aromatic N) is 2. The average Bonchev–Trinajstić information content (AvgIpc) is 2.76. The second-order valence-electron chi connectivity index (χ2n) is 3.71. The second kappa shape index (κ2) is 3.87. The van der Waals surface area contributed by atoms with Crippen molar-refractivity contribution in [3.8, 4) is 0 Å². The first-order chi connectivity index (χ1) is 6.38. The first-order valence-corrected chi connectivity index (χ1v) is 4.89. The Balaban J connectivity index is 1.92. The van der Waals surface area contributed by atoms with E-state index in [1.54, 1.807) is 0 Å². The Labute approximate surface area is 77.4 Å². The monoisotopic (exact) mass is 181 g/mol. The summed E-state index contributed by atoms with van der Waals surface area (Å²) in [6.07, 6.45) is 6.28. The van der Waals surface area contributed by atoms with Crippen molar-refractivity contribution < 1.29 is 5.11 Å². The highest BCUT2D eigenvalue weighted by Gasteiger charge is 2.17. The van der Waals surface area contributed by atoms with Crippen LogP contribution in [0.2, 0.25) is 0 Å². The van der Waals surface area contributed by atoms with Crippen LogP contribution in [0.5, 0.6) is 0 Å². The van der Waals surface area contributed by atoms with E-state index in [4.69, 9.17) is 5.11 Å². The molecule has 1 heterocycles. The minimum absolute atomic E-state index is 0.0440. The maximum absolute atomic E-state index is 8.78. The molecule has 0 unspecified atom stereocenters. The van der Waals surface area contributed by atoms with Crippen molar-refractivity contribution in [1.82, 2.24) is 15.2 Å². The predicted octanol–water partition coefficient (Wildman–Crippen LogP) is 1.03. The number of aromatic amines is 1. The highest BCUT2D eigenvalue weighted by atomic mass is 16.3. The molecule has 4 heteroatoms. The lowest BCUT2D eigenvalue weighted by Gasteiger charge is -2.03. The average molecular weight is 181 g/mol. The van der Waals surface area contributed by atoms with Gasteiger partial charge in [0.25, 0.3) is 0 Å². The molecule has 2 rings (SSSR count). The fourth-order valence-electron chi connectivity index (χ4n) is 1.97. The Hall–Kier alpha value is -0.900. The molecule has 0 aliphatic heterocycles. The number of aliphatic hydroxyl groups is 1. The number of hydrogen-bond acceptors (Lipinski definition) is 3. The standard InChI is InChI=1S/C9H15N3O/c13-6-9-10-8(11-12-9)5-7-3-1-2-4-7/h7,13H,1-6H2,(H,10,11,12). The van der Waals surface area contributed by atoms with Crippen LogP contribution in [0.25, 0.3) is 0 Å². The molecule has 0 saturated heterocycles. The summed E-state index contributed by atoms with van der Waals surface area (Å²) in [6, 6.07) is 0. The first kappa shape index (κ1) is 8.69. The minimum atomic E-state index is -0.0440. The normalized spacial score (nSPS) is 18.2. The zero-order valence-electron chi connectivity index (χ0n) is 7.66. The quantitative estimate of drug-likeness (QED) is 0.732. The number of nitrogens with one attached hydrogen (secondary N) is 1. The molecule has 1 aliphatic carbocycles. The van der Waals surface area contributed by atoms with Crippen molar-refractivity contribution in [3.05, 3.63) is 11.6 Å². The SMILES string of the molecule is OCc1nc(CC2CCCC2)n[nH]1. The van der Waals surface area contributed by atoms with Crippen LogP contribution in [0.4, 0.5) is 0 Å². The van der Waals surface area contributed by atoms with Gasteiger partial charge < -0.3 is 5.11 Å². The molecule has 1 aromatic heterocycles. The van der Waals surface area contributed by atoms with Crippen LogP contribution < -0.4 is 0 Å². The molecule has 0 bridgehead atoms. The van der Waals surface area contributed by atoms with Crippen LogP contribution in [-0.2, 0) is 13.0 Å². The molecule has 0 amide bonds. The molecule has 72 valence electrons. The highest BCUT2D eigenvalue weighted by Crippen LogP contribution is 2.26. The van der Waals surface area contributed by atoms with Crippen LogP contribution in [0.15, 0.2) is 0 Å². The third-order valence-corrected chi connectivity index (χ3v) is 2.67. The van der Waals surface area contributed by atoms with Crippen molar-refractivity contribution in [2.75, 3.05) is 0 Å². The Morgan fingerprint density at radius 2 is 2.15 bits per heavy atom. The van der Waals surface area contributed by atoms with Crippen molar-refractivity contribution in [3.63, 3.8) is 0 Å². The van der Waals surface area contributed by atoms with E-state index in [2.05, 4.69) is 15.2 Å². The maximum atomic E-state index is 8.78. The number of aromatic nitrogens is 3. The van der Waals surface area contributed by atoms with Crippen LogP contribution in [-0.4, -0.2) is 20.3 Å². The van der Waals surface area contributed by atoms with Gasteiger partial charge in [0.2, 0.25) is 0 Å².